The van der Waals surface area contributed by atoms with Gasteiger partial charge in [-0.1, -0.05) is 6.66 Å². The van der Waals surface area contributed by atoms with E-state index in [4.69, 9.17) is 0 Å². The molecule has 2 aromatic rings. The fourth-order valence-electron chi connectivity index (χ4n) is 3.94. The Morgan fingerprint density at radius 3 is 1.36 bits per heavy atom. The molecule has 2 aliphatic carbocycles. The van der Waals surface area contributed by atoms with Crippen LogP contribution in [0, 0.1) is 0 Å². The standard InChI is InChI=1S/2C6H5.2C5H5.CH5P.Ti/c2*1-2-4-6-5-3-1;2*1-2-4-5-3-1;1-2;/h2*1-5H;2*1-3H,4H2;2H2,1H3;. The van der Waals surface area contributed by atoms with Crippen molar-refractivity contribution in [1.82, 2.24) is 0 Å². The van der Waals surface area contributed by atoms with Gasteiger partial charge in [0.1, 0.15) is 0 Å². The van der Waals surface area contributed by atoms with Crippen LogP contribution < -0.4 is 7.74 Å². The fourth-order valence-corrected chi connectivity index (χ4v) is 12.0. The van der Waals surface area contributed by atoms with Crippen LogP contribution in [0.3, 0.4) is 0 Å². The van der Waals surface area contributed by atoms with Crippen LogP contribution in [0.2, 0.25) is 0 Å². The Labute approximate surface area is 157 Å². The van der Waals surface area contributed by atoms with Gasteiger partial charge in [-0.25, -0.2) is 0 Å². The molecule has 1 unspecified atom stereocenters. The number of benzene rings is 2. The van der Waals surface area contributed by atoms with Gasteiger partial charge < -0.3 is 0 Å². The molecule has 2 aliphatic rings. The Hall–Kier alpha value is -1.46. The summed E-state index contributed by atoms with van der Waals surface area (Å²) in [6.45, 7) is 1.92. The summed E-state index contributed by atoms with van der Waals surface area (Å²) >= 11 is -2.76. The Morgan fingerprint density at radius 1 is 0.640 bits per heavy atom. The molecule has 2 aromatic carbocycles. The van der Waals surface area contributed by atoms with Gasteiger partial charge in [-0.2, -0.15) is 0 Å². The average Bonchev–Trinajstić information content (AvgIpc) is 3.41. The van der Waals surface area contributed by atoms with E-state index in [1.807, 2.05) is 6.66 Å². The van der Waals surface area contributed by atoms with Gasteiger partial charge in [0, 0.05) is 0 Å². The van der Waals surface area contributed by atoms with Crippen molar-refractivity contribution in [1.29, 1.82) is 0 Å². The molecule has 0 nitrogen and oxygen atoms in total. The molecule has 0 fully saturated rings. The molecular formula is C23H25PTi. The number of hydrogen-bond donors (Lipinski definition) is 0. The number of rotatable bonds is 4. The first-order valence-electron chi connectivity index (χ1n) is 8.83. The van der Waals surface area contributed by atoms with E-state index in [0.717, 1.165) is 12.8 Å². The second kappa shape index (κ2) is 8.77. The first-order chi connectivity index (χ1) is 12.4. The van der Waals surface area contributed by atoms with Crippen LogP contribution in [-0.4, -0.2) is 6.66 Å². The summed E-state index contributed by atoms with van der Waals surface area (Å²) in [4.78, 5) is 0. The molecule has 0 spiro atoms. The molecule has 0 radical (unpaired) electrons. The summed E-state index contributed by atoms with van der Waals surface area (Å²) in [6, 6.07) is 22.5. The summed E-state index contributed by atoms with van der Waals surface area (Å²) < 4.78 is 6.39. The molecular weight excluding hydrogens is 355 g/mol. The van der Waals surface area contributed by atoms with Crippen molar-refractivity contribution in [2.75, 3.05) is 6.66 Å². The van der Waals surface area contributed by atoms with Crippen LogP contribution >= 0.6 is 9.24 Å². The Bertz CT molecular complexity index is 742. The molecule has 1 atom stereocenters. The van der Waals surface area contributed by atoms with Crippen molar-refractivity contribution < 1.29 is 16.6 Å². The molecule has 0 bridgehead atoms. The average molecular weight is 380 g/mol. The van der Waals surface area contributed by atoms with E-state index in [9.17, 15) is 0 Å². The summed E-state index contributed by atoms with van der Waals surface area (Å²) in [5, 5.41) is 0. The zero-order chi connectivity index (χ0) is 17.5. The van der Waals surface area contributed by atoms with E-state index in [1.165, 1.54) is 0 Å². The van der Waals surface area contributed by atoms with E-state index < -0.39 is 16.6 Å². The minimum atomic E-state index is -2.76. The Morgan fingerprint density at radius 2 is 1.04 bits per heavy atom. The summed E-state index contributed by atoms with van der Waals surface area (Å²) in [5.41, 5.74) is 0. The van der Waals surface area contributed by atoms with Gasteiger partial charge in [0.05, 0.1) is 0 Å². The van der Waals surface area contributed by atoms with Crippen molar-refractivity contribution in [2.24, 2.45) is 0 Å². The number of allylic oxidation sites excluding steroid dienone is 8. The SMILES string of the molecule is C1=CC[C]([Ti]([C]2=CC=CC2)([c]2ccccc2)[c]2ccccc2)=C1.CP. The molecule has 0 amide bonds. The molecule has 4 rings (SSSR count). The maximum atomic E-state index is 2.42. The van der Waals surface area contributed by atoms with Crippen LogP contribution in [0.5, 0.6) is 0 Å². The molecule has 0 aliphatic heterocycles. The zero-order valence-corrected chi connectivity index (χ0v) is 17.4. The maximum absolute atomic E-state index is 2.76. The van der Waals surface area contributed by atoms with E-state index in [-0.39, 0.29) is 0 Å². The zero-order valence-electron chi connectivity index (χ0n) is 14.7. The van der Waals surface area contributed by atoms with Crippen molar-refractivity contribution >= 4 is 17.0 Å². The fraction of sp³-hybridized carbons (Fsp3) is 0.130. The van der Waals surface area contributed by atoms with Crippen LogP contribution in [0.4, 0.5) is 0 Å². The maximum Gasteiger partial charge on any atom is -0.0500 e. The second-order valence-electron chi connectivity index (χ2n) is 6.13. The third-order valence-electron chi connectivity index (χ3n) is 4.92. The van der Waals surface area contributed by atoms with Crippen molar-refractivity contribution in [3.8, 4) is 0 Å². The topological polar surface area (TPSA) is 0 Å². The Kier molecular flexibility index (Phi) is 6.43. The van der Waals surface area contributed by atoms with Gasteiger partial charge >= 0.3 is 142 Å². The van der Waals surface area contributed by atoms with Crippen LogP contribution in [0.15, 0.2) is 105 Å². The van der Waals surface area contributed by atoms with Crippen LogP contribution in [0.1, 0.15) is 12.8 Å². The third-order valence-corrected chi connectivity index (χ3v) is 12.8. The van der Waals surface area contributed by atoms with E-state index in [0.29, 0.717) is 0 Å². The van der Waals surface area contributed by atoms with Crippen molar-refractivity contribution in [3.05, 3.63) is 105 Å². The summed E-state index contributed by atoms with van der Waals surface area (Å²) in [7, 11) is 2.42. The normalized spacial score (nSPS) is 15.4. The smallest absolute Gasteiger partial charge is 0.0500 e. The molecule has 0 heterocycles. The molecule has 25 heavy (non-hydrogen) atoms. The van der Waals surface area contributed by atoms with Gasteiger partial charge in [0.15, 0.2) is 0 Å². The van der Waals surface area contributed by atoms with Gasteiger partial charge in [-0.3, -0.25) is 0 Å². The third kappa shape index (κ3) is 3.45. The van der Waals surface area contributed by atoms with Gasteiger partial charge in [-0.15, -0.1) is 9.24 Å². The van der Waals surface area contributed by atoms with Crippen LogP contribution in [-0.2, 0) is 16.6 Å². The second-order valence-corrected chi connectivity index (χ2v) is 12.3. The predicted molar refractivity (Wildman–Crippen MR) is 111 cm³/mol. The number of hydrogen-bond acceptors (Lipinski definition) is 0. The first kappa shape index (κ1) is 18.3. The molecule has 0 aromatic heterocycles. The van der Waals surface area contributed by atoms with E-state index in [1.54, 1.807) is 15.5 Å². The summed E-state index contributed by atoms with van der Waals surface area (Å²) in [5.74, 6) is 0. The van der Waals surface area contributed by atoms with E-state index >= 15 is 0 Å². The largest absolute Gasteiger partial charge is 0.141 e. The molecule has 2 heteroatoms. The summed E-state index contributed by atoms with van der Waals surface area (Å²) in [6.07, 6.45) is 16.1. The van der Waals surface area contributed by atoms with E-state index in [2.05, 4.69) is 106 Å². The molecule has 0 saturated carbocycles. The van der Waals surface area contributed by atoms with Gasteiger partial charge in [0.25, 0.3) is 0 Å². The first-order valence-corrected chi connectivity index (χ1v) is 13.1. The van der Waals surface area contributed by atoms with Crippen molar-refractivity contribution in [3.63, 3.8) is 0 Å². The Balaban J connectivity index is 0.000000880. The predicted octanol–water partition coefficient (Wildman–Crippen LogP) is 4.97. The van der Waals surface area contributed by atoms with Crippen LogP contribution in [0.25, 0.3) is 0 Å². The minimum Gasteiger partial charge on any atom is -0.141 e. The van der Waals surface area contributed by atoms with Gasteiger partial charge in [0.2, 0.25) is 0 Å². The monoisotopic (exact) mass is 380 g/mol. The van der Waals surface area contributed by atoms with Crippen molar-refractivity contribution in [2.45, 2.75) is 12.8 Å². The van der Waals surface area contributed by atoms with Gasteiger partial charge in [-0.05, 0) is 0 Å². The molecule has 126 valence electrons. The molecule has 0 N–H and O–H groups in total. The minimum absolute atomic E-state index is 1.10. The molecule has 0 saturated heterocycles. The quantitative estimate of drug-likeness (QED) is 0.519.